The van der Waals surface area contributed by atoms with Crippen molar-refractivity contribution in [3.63, 3.8) is 0 Å². The lowest BCUT2D eigenvalue weighted by Gasteiger charge is -2.50. The smallest absolute Gasteiger partial charge is 0.352 e. The Labute approximate surface area is 204 Å². The molecule has 13 nitrogen and oxygen atoms in total. The van der Waals surface area contributed by atoms with Crippen molar-refractivity contribution >= 4 is 69.5 Å². The molecule has 1 unspecified atom stereocenters. The van der Waals surface area contributed by atoms with E-state index in [0.717, 1.165) is 23.3 Å². The minimum atomic E-state index is -1.21. The molecule has 0 aromatic carbocycles. The molecule has 2 aliphatic heterocycles. The number of thiazole rings is 1. The first-order valence-corrected chi connectivity index (χ1v) is 12.4. The van der Waals surface area contributed by atoms with E-state index >= 15 is 0 Å². The Hall–Kier alpha value is -3.37. The number of nitrogens with two attached hydrogens (primary N) is 1. The molecular formula is C18H17N7O6S3. The van der Waals surface area contributed by atoms with Crippen LogP contribution in [0.15, 0.2) is 35.6 Å². The molecule has 4 heterocycles. The van der Waals surface area contributed by atoms with Gasteiger partial charge in [0, 0.05) is 23.1 Å². The van der Waals surface area contributed by atoms with Gasteiger partial charge in [-0.3, -0.25) is 19.3 Å². The van der Waals surface area contributed by atoms with Gasteiger partial charge in [0.15, 0.2) is 5.13 Å². The molecule has 2 amide bonds. The standard InChI is InChI=1S/C18H17N7O6S3/c19-18-21-9(7-33-18)8(1-2-11(26)27)13(28)22-14(34-24-5-4-20-23-24)12-15(29)25-10(17(30)31)3-6-32-16(12)25/h1,3-5,7,12,14,16H,2,6H2,(H2,19,21)(H,22,28)(H,26,27)(H,30,31)/t12-,14?,16-/m0/s1. The normalized spacial score (nSPS) is 20.7. The predicted molar refractivity (Wildman–Crippen MR) is 124 cm³/mol. The molecule has 2 aromatic rings. The number of carboxylic acids is 2. The summed E-state index contributed by atoms with van der Waals surface area (Å²) in [6, 6.07) is 0. The maximum atomic E-state index is 13.2. The third-order valence-electron chi connectivity index (χ3n) is 4.85. The van der Waals surface area contributed by atoms with Gasteiger partial charge in [-0.25, -0.2) is 9.78 Å². The van der Waals surface area contributed by atoms with Gasteiger partial charge in [-0.05, 0) is 6.08 Å². The second-order valence-electron chi connectivity index (χ2n) is 6.94. The largest absolute Gasteiger partial charge is 0.481 e. The van der Waals surface area contributed by atoms with Crippen LogP contribution >= 0.6 is 35.0 Å². The maximum absolute atomic E-state index is 13.2. The number of aliphatic carboxylic acids is 2. The van der Waals surface area contributed by atoms with Crippen molar-refractivity contribution in [1.29, 1.82) is 0 Å². The van der Waals surface area contributed by atoms with Gasteiger partial charge in [0.2, 0.25) is 5.91 Å². The molecule has 2 aromatic heterocycles. The molecule has 0 bridgehead atoms. The van der Waals surface area contributed by atoms with Gasteiger partial charge in [0.05, 0.1) is 35.5 Å². The first kappa shape index (κ1) is 23.8. The van der Waals surface area contributed by atoms with Gasteiger partial charge in [-0.15, -0.1) is 28.2 Å². The maximum Gasteiger partial charge on any atom is 0.352 e. The highest BCUT2D eigenvalue weighted by Gasteiger charge is 2.56. The summed E-state index contributed by atoms with van der Waals surface area (Å²) in [7, 11) is 0. The summed E-state index contributed by atoms with van der Waals surface area (Å²) < 4.78 is 1.36. The summed E-state index contributed by atoms with van der Waals surface area (Å²) in [5, 5.41) is 29.2. The molecule has 0 aliphatic carbocycles. The zero-order chi connectivity index (χ0) is 24.4. The number of nitrogens with one attached hydrogen (secondary N) is 1. The molecule has 0 saturated carbocycles. The fourth-order valence-electron chi connectivity index (χ4n) is 3.39. The van der Waals surface area contributed by atoms with Crippen LogP contribution in [0, 0.1) is 5.92 Å². The molecule has 2 aliphatic rings. The molecule has 1 fully saturated rings. The first-order chi connectivity index (χ1) is 16.3. The summed E-state index contributed by atoms with van der Waals surface area (Å²) in [5.41, 5.74) is 5.77. The minimum absolute atomic E-state index is 0.00872. The van der Waals surface area contributed by atoms with Crippen molar-refractivity contribution in [3.8, 4) is 0 Å². The van der Waals surface area contributed by atoms with Crippen molar-refractivity contribution in [2.75, 3.05) is 11.5 Å². The Balaban J connectivity index is 1.61. The molecule has 0 radical (unpaired) electrons. The summed E-state index contributed by atoms with van der Waals surface area (Å²) in [6.07, 6.45) is 5.22. The highest BCUT2D eigenvalue weighted by atomic mass is 32.2. The zero-order valence-corrected chi connectivity index (χ0v) is 19.5. The van der Waals surface area contributed by atoms with E-state index in [1.165, 1.54) is 50.7 Å². The number of anilines is 1. The number of β-lactam (4-membered cyclic amide) rings is 1. The van der Waals surface area contributed by atoms with E-state index in [2.05, 4.69) is 20.6 Å². The molecule has 34 heavy (non-hydrogen) atoms. The van der Waals surface area contributed by atoms with E-state index in [9.17, 15) is 24.3 Å². The monoisotopic (exact) mass is 523 g/mol. The highest BCUT2D eigenvalue weighted by Crippen LogP contribution is 2.45. The van der Waals surface area contributed by atoms with Crippen molar-refractivity contribution < 1.29 is 29.4 Å². The van der Waals surface area contributed by atoms with Gasteiger partial charge in [0.25, 0.3) is 5.91 Å². The molecular weight excluding hydrogens is 506 g/mol. The van der Waals surface area contributed by atoms with Crippen molar-refractivity contribution in [2.45, 2.75) is 17.2 Å². The molecule has 4 rings (SSSR count). The number of carbonyl (C=O) groups is 4. The van der Waals surface area contributed by atoms with E-state index in [0.29, 0.717) is 5.75 Å². The molecule has 178 valence electrons. The number of aromatic nitrogens is 4. The number of thioether (sulfide) groups is 1. The molecule has 3 atom stereocenters. The SMILES string of the molecule is Nc1nc(C(=CCC(=O)O)C(=O)NC(Sn2ccnn2)[C@H]2C(=O)N3C(C(=O)O)=CCS[C@@H]23)cs1. The van der Waals surface area contributed by atoms with Crippen molar-refractivity contribution in [3.05, 3.63) is 41.3 Å². The number of nitrogens with zero attached hydrogens (tertiary/aromatic N) is 5. The van der Waals surface area contributed by atoms with Gasteiger partial charge < -0.3 is 21.3 Å². The topological polar surface area (TPSA) is 194 Å². The van der Waals surface area contributed by atoms with E-state index in [4.69, 9.17) is 10.8 Å². The number of nitrogen functional groups attached to an aromatic ring is 1. The van der Waals surface area contributed by atoms with Gasteiger partial charge >= 0.3 is 11.9 Å². The Morgan fingerprint density at radius 1 is 1.38 bits per heavy atom. The van der Waals surface area contributed by atoms with Crippen LogP contribution in [0.3, 0.4) is 0 Å². The van der Waals surface area contributed by atoms with E-state index in [1.54, 1.807) is 0 Å². The predicted octanol–water partition coefficient (Wildman–Crippen LogP) is 0.314. The second-order valence-corrected chi connectivity index (χ2v) is 10.1. The third-order valence-corrected chi connectivity index (χ3v) is 7.78. The van der Waals surface area contributed by atoms with Crippen LogP contribution in [-0.2, 0) is 19.2 Å². The van der Waals surface area contributed by atoms with Crippen LogP contribution in [0.2, 0.25) is 0 Å². The fraction of sp³-hybridized carbons (Fsp3) is 0.278. The van der Waals surface area contributed by atoms with Gasteiger partial charge in [0.1, 0.15) is 17.0 Å². The number of hydrogen-bond acceptors (Lipinski definition) is 11. The lowest BCUT2D eigenvalue weighted by atomic mass is 9.95. The van der Waals surface area contributed by atoms with Crippen LogP contribution in [0.1, 0.15) is 12.1 Å². The fourth-order valence-corrected chi connectivity index (χ4v) is 6.35. The van der Waals surface area contributed by atoms with Crippen LogP contribution < -0.4 is 11.1 Å². The minimum Gasteiger partial charge on any atom is -0.481 e. The Kier molecular flexibility index (Phi) is 6.90. The molecule has 1 saturated heterocycles. The average Bonchev–Trinajstić information content (AvgIpc) is 3.44. The molecule has 0 spiro atoms. The summed E-state index contributed by atoms with van der Waals surface area (Å²) in [6.45, 7) is 0. The van der Waals surface area contributed by atoms with Crippen LogP contribution in [0.5, 0.6) is 0 Å². The summed E-state index contributed by atoms with van der Waals surface area (Å²) in [5.74, 6) is -3.85. The van der Waals surface area contributed by atoms with Crippen molar-refractivity contribution in [2.24, 2.45) is 5.92 Å². The van der Waals surface area contributed by atoms with Gasteiger partial charge in [-0.1, -0.05) is 11.3 Å². The number of amides is 2. The summed E-state index contributed by atoms with van der Waals surface area (Å²) in [4.78, 5) is 54.1. The van der Waals surface area contributed by atoms with Gasteiger partial charge in [-0.2, -0.15) is 4.09 Å². The number of carbonyl (C=O) groups excluding carboxylic acids is 2. The zero-order valence-electron chi connectivity index (χ0n) is 17.1. The highest BCUT2D eigenvalue weighted by molar-refractivity contribution is 8.00. The Morgan fingerprint density at radius 2 is 2.18 bits per heavy atom. The lowest BCUT2D eigenvalue weighted by molar-refractivity contribution is -0.152. The number of hydrogen-bond donors (Lipinski definition) is 4. The third kappa shape index (κ3) is 4.78. The Bertz CT molecular complexity index is 1190. The second kappa shape index (κ2) is 9.86. The van der Waals surface area contributed by atoms with E-state index < -0.39 is 46.8 Å². The quantitative estimate of drug-likeness (QED) is 0.200. The average molecular weight is 524 g/mol. The van der Waals surface area contributed by atoms with Crippen LogP contribution in [0.25, 0.3) is 5.57 Å². The number of rotatable bonds is 9. The first-order valence-electron chi connectivity index (χ1n) is 9.62. The summed E-state index contributed by atoms with van der Waals surface area (Å²) >= 11 is 3.48. The van der Waals surface area contributed by atoms with E-state index in [1.807, 2.05) is 0 Å². The van der Waals surface area contributed by atoms with E-state index in [-0.39, 0.29) is 22.1 Å². The lowest BCUT2D eigenvalue weighted by Crippen LogP contribution is -2.66. The molecule has 16 heteroatoms. The number of carboxylic acid groups (broad SMARTS) is 2. The van der Waals surface area contributed by atoms with Crippen molar-refractivity contribution in [1.82, 2.24) is 29.6 Å². The van der Waals surface area contributed by atoms with Crippen LogP contribution in [0.4, 0.5) is 5.13 Å². The molecule has 5 N–H and O–H groups in total. The number of fused-ring (bicyclic) bond motifs is 1. The van der Waals surface area contributed by atoms with Crippen LogP contribution in [-0.4, -0.2) is 74.7 Å². The Morgan fingerprint density at radius 3 is 2.79 bits per heavy atom.